The number of fused-ring (bicyclic) bond motifs is 1. The van der Waals surface area contributed by atoms with Gasteiger partial charge in [-0.3, -0.25) is 14.3 Å². The predicted molar refractivity (Wildman–Crippen MR) is 122 cm³/mol. The molecule has 170 valence electrons. The fourth-order valence-corrected chi connectivity index (χ4v) is 4.40. The normalized spacial score (nSPS) is 17.5. The van der Waals surface area contributed by atoms with Crippen LogP contribution < -0.4 is 14.8 Å². The molecule has 2 aromatic carbocycles. The molecule has 2 amide bonds. The smallest absolute Gasteiger partial charge is 0.255 e. The third-order valence-corrected chi connectivity index (χ3v) is 6.17. The van der Waals surface area contributed by atoms with E-state index < -0.39 is 0 Å². The molecule has 3 heterocycles. The fourth-order valence-electron chi connectivity index (χ4n) is 4.40. The minimum atomic E-state index is -0.279. The summed E-state index contributed by atoms with van der Waals surface area (Å²) < 4.78 is 12.2. The number of nitrogens with zero attached hydrogens (tertiary/aromatic N) is 3. The van der Waals surface area contributed by atoms with Crippen molar-refractivity contribution in [3.8, 4) is 11.5 Å². The Labute approximate surface area is 192 Å². The summed E-state index contributed by atoms with van der Waals surface area (Å²) in [6.45, 7) is 1.81. The van der Waals surface area contributed by atoms with Gasteiger partial charge in [-0.05, 0) is 48.9 Å². The summed E-state index contributed by atoms with van der Waals surface area (Å²) in [6.07, 6.45) is 6.26. The molecule has 0 bridgehead atoms. The number of anilines is 1. The Morgan fingerprint density at radius 1 is 1.03 bits per heavy atom. The molecular formula is C25H26N4O4. The molecule has 8 heteroatoms. The lowest BCUT2D eigenvalue weighted by atomic mass is 9.92. The highest BCUT2D eigenvalue weighted by Crippen LogP contribution is 2.32. The lowest BCUT2D eigenvalue weighted by Gasteiger charge is -2.20. The first-order valence-electron chi connectivity index (χ1n) is 11.2. The molecule has 1 N–H and O–H groups in total. The number of benzene rings is 2. The molecule has 8 nitrogen and oxygen atoms in total. The van der Waals surface area contributed by atoms with Gasteiger partial charge in [0.2, 0.25) is 12.7 Å². The van der Waals surface area contributed by atoms with Gasteiger partial charge in [-0.25, -0.2) is 0 Å². The van der Waals surface area contributed by atoms with Crippen LogP contribution in [0.25, 0.3) is 0 Å². The molecule has 0 saturated carbocycles. The Balaban J connectivity index is 1.16. The van der Waals surface area contributed by atoms with Crippen LogP contribution in [0.1, 0.15) is 41.1 Å². The Hall–Kier alpha value is -3.81. The van der Waals surface area contributed by atoms with Crippen LogP contribution in [0.3, 0.4) is 0 Å². The van der Waals surface area contributed by atoms with E-state index in [0.29, 0.717) is 28.7 Å². The van der Waals surface area contributed by atoms with Crippen LogP contribution in [0.4, 0.5) is 5.69 Å². The average molecular weight is 447 g/mol. The van der Waals surface area contributed by atoms with Crippen molar-refractivity contribution >= 4 is 17.5 Å². The first kappa shape index (κ1) is 21.1. The van der Waals surface area contributed by atoms with E-state index in [-0.39, 0.29) is 25.2 Å². The van der Waals surface area contributed by atoms with Crippen molar-refractivity contribution in [1.29, 1.82) is 0 Å². The summed E-state index contributed by atoms with van der Waals surface area (Å²) >= 11 is 0. The molecule has 1 fully saturated rings. The maximum absolute atomic E-state index is 12.9. The maximum Gasteiger partial charge on any atom is 0.255 e. The lowest BCUT2D eigenvalue weighted by molar-refractivity contribution is -0.132. The molecule has 3 aromatic rings. The second kappa shape index (κ2) is 9.36. The summed E-state index contributed by atoms with van der Waals surface area (Å²) in [5, 5.41) is 7.06. The van der Waals surface area contributed by atoms with Crippen molar-refractivity contribution in [2.75, 3.05) is 25.2 Å². The van der Waals surface area contributed by atoms with E-state index in [0.717, 1.165) is 32.4 Å². The van der Waals surface area contributed by atoms with Crippen molar-refractivity contribution in [3.05, 3.63) is 72.1 Å². The highest BCUT2D eigenvalue weighted by Gasteiger charge is 2.22. The molecule has 2 aliphatic heterocycles. The van der Waals surface area contributed by atoms with E-state index in [1.165, 1.54) is 5.56 Å². The molecular weight excluding hydrogens is 420 g/mol. The van der Waals surface area contributed by atoms with Crippen molar-refractivity contribution in [2.45, 2.75) is 31.7 Å². The van der Waals surface area contributed by atoms with Crippen LogP contribution >= 0.6 is 0 Å². The molecule has 0 spiro atoms. The number of amides is 2. The zero-order valence-corrected chi connectivity index (χ0v) is 18.3. The number of hydrogen-bond acceptors (Lipinski definition) is 5. The fraction of sp³-hybridized carbons (Fsp3) is 0.320. The Bertz CT molecular complexity index is 1140. The third-order valence-electron chi connectivity index (χ3n) is 6.17. The second-order valence-corrected chi connectivity index (χ2v) is 8.37. The number of likely N-dealkylation sites (tertiary alicyclic amines) is 1. The monoisotopic (exact) mass is 446 g/mol. The zero-order chi connectivity index (χ0) is 22.6. The number of nitrogens with one attached hydrogen (secondary N) is 1. The zero-order valence-electron chi connectivity index (χ0n) is 18.3. The van der Waals surface area contributed by atoms with Crippen LogP contribution in [-0.4, -0.2) is 46.4 Å². The summed E-state index contributed by atoms with van der Waals surface area (Å²) in [5.41, 5.74) is 2.34. The van der Waals surface area contributed by atoms with Crippen molar-refractivity contribution in [2.24, 2.45) is 0 Å². The SMILES string of the molecule is O=C(Nc1cnn(CC(=O)N2CCC[C@@H](c3ccccc3)CC2)c1)c1ccc2c(c1)OCO2. The number of ether oxygens (including phenoxy) is 2. The molecule has 2 aliphatic rings. The topological polar surface area (TPSA) is 85.7 Å². The van der Waals surface area contributed by atoms with Gasteiger partial charge in [-0.15, -0.1) is 0 Å². The highest BCUT2D eigenvalue weighted by atomic mass is 16.7. The van der Waals surface area contributed by atoms with Crippen LogP contribution in [-0.2, 0) is 11.3 Å². The Morgan fingerprint density at radius 2 is 1.88 bits per heavy atom. The number of hydrogen-bond donors (Lipinski definition) is 1. The van der Waals surface area contributed by atoms with E-state index in [4.69, 9.17) is 9.47 Å². The Morgan fingerprint density at radius 3 is 2.76 bits per heavy atom. The van der Waals surface area contributed by atoms with E-state index in [1.807, 2.05) is 11.0 Å². The lowest BCUT2D eigenvalue weighted by Crippen LogP contribution is -2.34. The molecule has 1 atom stereocenters. The van der Waals surface area contributed by atoms with Gasteiger partial charge in [0.05, 0.1) is 11.9 Å². The van der Waals surface area contributed by atoms with Gasteiger partial charge in [-0.1, -0.05) is 30.3 Å². The van der Waals surface area contributed by atoms with Gasteiger partial charge in [-0.2, -0.15) is 5.10 Å². The summed E-state index contributed by atoms with van der Waals surface area (Å²) in [7, 11) is 0. The van der Waals surface area contributed by atoms with Gasteiger partial charge in [0.25, 0.3) is 5.91 Å². The summed E-state index contributed by atoms with van der Waals surface area (Å²) in [6, 6.07) is 15.6. The van der Waals surface area contributed by atoms with Gasteiger partial charge in [0.15, 0.2) is 11.5 Å². The summed E-state index contributed by atoms with van der Waals surface area (Å²) in [4.78, 5) is 27.4. The van der Waals surface area contributed by atoms with E-state index >= 15 is 0 Å². The van der Waals surface area contributed by atoms with Crippen molar-refractivity contribution in [3.63, 3.8) is 0 Å². The van der Waals surface area contributed by atoms with Crippen LogP contribution in [0.2, 0.25) is 0 Å². The number of carbonyl (C=O) groups excluding carboxylic acids is 2. The predicted octanol–water partition coefficient (Wildman–Crippen LogP) is 3.66. The first-order chi connectivity index (χ1) is 16.2. The maximum atomic E-state index is 12.9. The summed E-state index contributed by atoms with van der Waals surface area (Å²) in [5.74, 6) is 1.43. The average Bonchev–Trinajstić information content (AvgIpc) is 3.41. The third kappa shape index (κ3) is 4.84. The minimum absolute atomic E-state index is 0.0421. The Kier molecular flexibility index (Phi) is 5.97. The second-order valence-electron chi connectivity index (χ2n) is 8.37. The minimum Gasteiger partial charge on any atom is -0.454 e. The number of aromatic nitrogens is 2. The molecule has 0 aliphatic carbocycles. The highest BCUT2D eigenvalue weighted by molar-refractivity contribution is 6.04. The van der Waals surface area contributed by atoms with Crippen molar-refractivity contribution in [1.82, 2.24) is 14.7 Å². The molecule has 5 rings (SSSR count). The van der Waals surface area contributed by atoms with Gasteiger partial charge in [0, 0.05) is 24.8 Å². The first-order valence-corrected chi connectivity index (χ1v) is 11.2. The van der Waals surface area contributed by atoms with Gasteiger partial charge < -0.3 is 19.7 Å². The molecule has 1 saturated heterocycles. The van der Waals surface area contributed by atoms with Crippen molar-refractivity contribution < 1.29 is 19.1 Å². The molecule has 0 radical (unpaired) electrons. The molecule has 0 unspecified atom stereocenters. The molecule has 1 aromatic heterocycles. The standard InChI is InChI=1S/C25H26N4O4/c30-24(28-11-4-7-19(10-12-28)18-5-2-1-3-6-18)16-29-15-21(14-26-29)27-25(31)20-8-9-22-23(13-20)33-17-32-22/h1-3,5-6,8-9,13-15,19H,4,7,10-12,16-17H2,(H,27,31)/t19-/m1/s1. The quantitative estimate of drug-likeness (QED) is 0.647. The number of rotatable bonds is 5. The van der Waals surface area contributed by atoms with Crippen LogP contribution in [0.5, 0.6) is 11.5 Å². The molecule has 33 heavy (non-hydrogen) atoms. The number of carbonyl (C=O) groups is 2. The van der Waals surface area contributed by atoms with E-state index in [2.05, 4.69) is 34.7 Å². The van der Waals surface area contributed by atoms with Gasteiger partial charge >= 0.3 is 0 Å². The van der Waals surface area contributed by atoms with Crippen LogP contribution in [0, 0.1) is 0 Å². The van der Waals surface area contributed by atoms with Gasteiger partial charge in [0.1, 0.15) is 6.54 Å². The van der Waals surface area contributed by atoms with Crippen LogP contribution in [0.15, 0.2) is 60.9 Å². The van der Waals surface area contributed by atoms with E-state index in [9.17, 15) is 9.59 Å². The largest absolute Gasteiger partial charge is 0.454 e. The van der Waals surface area contributed by atoms with E-state index in [1.54, 1.807) is 35.3 Å².